The average molecular weight is 130 g/mol. The molecule has 2 unspecified atom stereocenters. The summed E-state index contributed by atoms with van der Waals surface area (Å²) in [7, 11) is 2.05. The molecule has 9 heavy (non-hydrogen) atoms. The molecule has 0 radical (unpaired) electrons. The molecule has 0 aliphatic carbocycles. The summed E-state index contributed by atoms with van der Waals surface area (Å²) in [6, 6.07) is 0.602. The van der Waals surface area contributed by atoms with Crippen molar-refractivity contribution in [2.24, 2.45) is 5.73 Å². The lowest BCUT2D eigenvalue weighted by Crippen LogP contribution is -2.41. The number of rotatable bonds is 3. The third-order valence-electron chi connectivity index (χ3n) is 1.93. The molecule has 0 rings (SSSR count). The van der Waals surface area contributed by atoms with Crippen molar-refractivity contribution in [3.05, 3.63) is 0 Å². The smallest absolute Gasteiger partial charge is 0.0542 e. The first-order valence-electron chi connectivity index (χ1n) is 3.57. The number of hydrogen-bond acceptors (Lipinski definition) is 2. The van der Waals surface area contributed by atoms with Gasteiger partial charge in [-0.3, -0.25) is 4.90 Å². The van der Waals surface area contributed by atoms with E-state index in [-0.39, 0.29) is 6.17 Å². The minimum Gasteiger partial charge on any atom is -0.316 e. The molecule has 0 aromatic rings. The van der Waals surface area contributed by atoms with Crippen molar-refractivity contribution in [3.8, 4) is 0 Å². The summed E-state index contributed by atoms with van der Waals surface area (Å²) >= 11 is 0. The van der Waals surface area contributed by atoms with Gasteiger partial charge in [-0.1, -0.05) is 6.92 Å². The molecule has 56 valence electrons. The van der Waals surface area contributed by atoms with E-state index in [4.69, 9.17) is 5.73 Å². The van der Waals surface area contributed by atoms with Crippen molar-refractivity contribution >= 4 is 0 Å². The monoisotopic (exact) mass is 130 g/mol. The molecule has 0 spiro atoms. The highest BCUT2D eigenvalue weighted by Crippen LogP contribution is 2.00. The third-order valence-corrected chi connectivity index (χ3v) is 1.93. The molecular weight excluding hydrogens is 112 g/mol. The van der Waals surface area contributed by atoms with Gasteiger partial charge < -0.3 is 5.73 Å². The molecule has 0 amide bonds. The Bertz CT molecular complexity index is 71.3. The summed E-state index contributed by atoms with van der Waals surface area (Å²) in [6.07, 6.45) is 1.35. The molecule has 2 heteroatoms. The van der Waals surface area contributed by atoms with Crippen molar-refractivity contribution in [2.75, 3.05) is 7.05 Å². The molecule has 0 bridgehead atoms. The second-order valence-electron chi connectivity index (χ2n) is 2.66. The fourth-order valence-corrected chi connectivity index (χ4v) is 0.689. The highest BCUT2D eigenvalue weighted by molar-refractivity contribution is 4.62. The summed E-state index contributed by atoms with van der Waals surface area (Å²) in [5, 5.41) is 0. The summed E-state index contributed by atoms with van der Waals surface area (Å²) in [6.45, 7) is 6.36. The maximum absolute atomic E-state index is 5.64. The van der Waals surface area contributed by atoms with Crippen LogP contribution in [0.5, 0.6) is 0 Å². The maximum atomic E-state index is 5.64. The molecule has 0 heterocycles. The molecule has 0 saturated carbocycles. The Hall–Kier alpha value is -0.0800. The molecule has 0 fully saturated rings. The molecule has 0 aliphatic heterocycles. The highest BCUT2D eigenvalue weighted by atomic mass is 15.2. The summed E-state index contributed by atoms with van der Waals surface area (Å²) in [5.74, 6) is 0. The van der Waals surface area contributed by atoms with E-state index >= 15 is 0 Å². The van der Waals surface area contributed by atoms with Gasteiger partial charge >= 0.3 is 0 Å². The van der Waals surface area contributed by atoms with Gasteiger partial charge in [-0.25, -0.2) is 0 Å². The Morgan fingerprint density at radius 3 is 2.00 bits per heavy atom. The van der Waals surface area contributed by atoms with Crippen molar-refractivity contribution in [3.63, 3.8) is 0 Å². The van der Waals surface area contributed by atoms with E-state index in [2.05, 4.69) is 25.8 Å². The molecule has 2 nitrogen and oxygen atoms in total. The van der Waals surface area contributed by atoms with Crippen LogP contribution < -0.4 is 5.73 Å². The first-order chi connectivity index (χ1) is 4.09. The molecule has 2 atom stereocenters. The predicted octanol–water partition coefficient (Wildman–Crippen LogP) is 1.02. The maximum Gasteiger partial charge on any atom is 0.0542 e. The highest BCUT2D eigenvalue weighted by Gasteiger charge is 2.08. The van der Waals surface area contributed by atoms with Gasteiger partial charge in [-0.15, -0.1) is 0 Å². The van der Waals surface area contributed by atoms with E-state index in [0.29, 0.717) is 6.04 Å². The fraction of sp³-hybridized carbons (Fsp3) is 1.00. The molecule has 2 N–H and O–H groups in total. The zero-order valence-electron chi connectivity index (χ0n) is 6.89. The number of nitrogens with zero attached hydrogens (tertiary/aromatic N) is 1. The van der Waals surface area contributed by atoms with Gasteiger partial charge in [-0.2, -0.15) is 0 Å². The second kappa shape index (κ2) is 3.85. The van der Waals surface area contributed by atoms with Crippen LogP contribution in [-0.2, 0) is 0 Å². The Morgan fingerprint density at radius 1 is 1.44 bits per heavy atom. The van der Waals surface area contributed by atoms with Gasteiger partial charge in [0.25, 0.3) is 0 Å². The first-order valence-corrected chi connectivity index (χ1v) is 3.57. The van der Waals surface area contributed by atoms with E-state index in [0.717, 1.165) is 6.42 Å². The quantitative estimate of drug-likeness (QED) is 0.578. The van der Waals surface area contributed by atoms with Crippen LogP contribution in [0.2, 0.25) is 0 Å². The van der Waals surface area contributed by atoms with Crippen LogP contribution in [0.1, 0.15) is 27.2 Å². The van der Waals surface area contributed by atoms with E-state index < -0.39 is 0 Å². The van der Waals surface area contributed by atoms with Crippen LogP contribution >= 0.6 is 0 Å². The van der Waals surface area contributed by atoms with Crippen LogP contribution in [0.3, 0.4) is 0 Å². The third kappa shape index (κ3) is 2.82. The molecule has 0 aromatic carbocycles. The van der Waals surface area contributed by atoms with Crippen LogP contribution in [0.25, 0.3) is 0 Å². The van der Waals surface area contributed by atoms with Crippen LogP contribution in [0.15, 0.2) is 0 Å². The van der Waals surface area contributed by atoms with Gasteiger partial charge in [0.2, 0.25) is 0 Å². The van der Waals surface area contributed by atoms with Crippen LogP contribution in [0, 0.1) is 0 Å². The Kier molecular flexibility index (Phi) is 3.82. The molecule has 0 aromatic heterocycles. The summed E-state index contributed by atoms with van der Waals surface area (Å²) in [4.78, 5) is 2.17. The largest absolute Gasteiger partial charge is 0.316 e. The lowest BCUT2D eigenvalue weighted by Gasteiger charge is -2.26. The SMILES string of the molecule is CCC(C)N(C)C(C)N. The minimum atomic E-state index is 0.181. The molecule has 0 saturated heterocycles. The number of hydrogen-bond donors (Lipinski definition) is 1. The molecule has 0 aliphatic rings. The predicted molar refractivity (Wildman–Crippen MR) is 41.2 cm³/mol. The van der Waals surface area contributed by atoms with Gasteiger partial charge in [0.05, 0.1) is 6.17 Å². The second-order valence-corrected chi connectivity index (χ2v) is 2.66. The van der Waals surface area contributed by atoms with Crippen molar-refractivity contribution in [1.82, 2.24) is 4.90 Å². The Balaban J connectivity index is 3.58. The van der Waals surface area contributed by atoms with E-state index in [1.54, 1.807) is 0 Å². The first kappa shape index (κ1) is 8.92. The number of nitrogens with two attached hydrogens (primary N) is 1. The zero-order valence-corrected chi connectivity index (χ0v) is 6.89. The average Bonchev–Trinajstić information content (AvgIpc) is 1.84. The van der Waals surface area contributed by atoms with Crippen molar-refractivity contribution in [2.45, 2.75) is 39.4 Å². The normalized spacial score (nSPS) is 18.0. The lowest BCUT2D eigenvalue weighted by molar-refractivity contribution is 0.195. The standard InChI is InChI=1S/C7H18N2/c1-5-6(2)9(4)7(3)8/h6-7H,5,8H2,1-4H3. The van der Waals surface area contributed by atoms with E-state index in [1.807, 2.05) is 6.92 Å². The van der Waals surface area contributed by atoms with Crippen LogP contribution in [0.4, 0.5) is 0 Å². The topological polar surface area (TPSA) is 29.3 Å². The molecular formula is C7H18N2. The Morgan fingerprint density at radius 2 is 1.89 bits per heavy atom. The Labute approximate surface area is 58.0 Å². The van der Waals surface area contributed by atoms with Gasteiger partial charge in [0.15, 0.2) is 0 Å². The minimum absolute atomic E-state index is 0.181. The zero-order chi connectivity index (χ0) is 7.44. The van der Waals surface area contributed by atoms with Crippen LogP contribution in [-0.4, -0.2) is 24.2 Å². The lowest BCUT2D eigenvalue weighted by atomic mass is 10.2. The van der Waals surface area contributed by atoms with Gasteiger partial charge in [-0.05, 0) is 27.3 Å². The van der Waals surface area contributed by atoms with Crippen molar-refractivity contribution < 1.29 is 0 Å². The van der Waals surface area contributed by atoms with Crippen molar-refractivity contribution in [1.29, 1.82) is 0 Å². The van der Waals surface area contributed by atoms with E-state index in [9.17, 15) is 0 Å². The summed E-state index contributed by atoms with van der Waals surface area (Å²) < 4.78 is 0. The van der Waals surface area contributed by atoms with Gasteiger partial charge in [0, 0.05) is 6.04 Å². The van der Waals surface area contributed by atoms with Gasteiger partial charge in [0.1, 0.15) is 0 Å². The summed E-state index contributed by atoms with van der Waals surface area (Å²) in [5.41, 5.74) is 5.64. The van der Waals surface area contributed by atoms with E-state index in [1.165, 1.54) is 0 Å². The fourth-order valence-electron chi connectivity index (χ4n) is 0.689.